The van der Waals surface area contributed by atoms with E-state index in [1.807, 2.05) is 0 Å². The minimum Gasteiger partial charge on any atom is -0.103 e. The summed E-state index contributed by atoms with van der Waals surface area (Å²) in [5.41, 5.74) is 0. The van der Waals surface area contributed by atoms with Gasteiger partial charge in [-0.05, 0) is 43.4 Å². The molecule has 1 rings (SSSR count). The first-order chi connectivity index (χ1) is 5.77. The molecule has 0 heterocycles. The van der Waals surface area contributed by atoms with Crippen molar-refractivity contribution in [2.75, 3.05) is 0 Å². The van der Waals surface area contributed by atoms with Crippen molar-refractivity contribution in [1.29, 1.82) is 0 Å². The van der Waals surface area contributed by atoms with Crippen LogP contribution in [0.1, 0.15) is 46.0 Å². The van der Waals surface area contributed by atoms with Gasteiger partial charge in [0.25, 0.3) is 0 Å². The Hall–Kier alpha value is -0.260. The van der Waals surface area contributed by atoms with Crippen molar-refractivity contribution < 1.29 is 0 Å². The maximum absolute atomic E-state index is 3.76. The first kappa shape index (κ1) is 9.83. The van der Waals surface area contributed by atoms with E-state index in [0.29, 0.717) is 0 Å². The average molecular weight is 166 g/mol. The highest BCUT2D eigenvalue weighted by atomic mass is 14.4. The minimum atomic E-state index is 0.948. The smallest absolute Gasteiger partial charge is 0.0351 e. The van der Waals surface area contributed by atoms with Gasteiger partial charge in [-0.25, -0.2) is 0 Å². The second kappa shape index (κ2) is 4.69. The van der Waals surface area contributed by atoms with Crippen LogP contribution in [0.4, 0.5) is 0 Å². The molecule has 0 N–H and O–H groups in total. The Kier molecular flexibility index (Phi) is 3.84. The van der Waals surface area contributed by atoms with Gasteiger partial charge in [0.2, 0.25) is 0 Å². The molecule has 0 amide bonds. The Bertz CT molecular complexity index is 137. The van der Waals surface area contributed by atoms with Crippen LogP contribution in [0, 0.1) is 17.8 Å². The first-order valence-electron chi connectivity index (χ1n) is 5.38. The van der Waals surface area contributed by atoms with E-state index >= 15 is 0 Å². The Labute approximate surface area is 77.1 Å². The summed E-state index contributed by atoms with van der Waals surface area (Å²) in [5, 5.41) is 0. The Morgan fingerprint density at radius 3 is 2.83 bits per heavy atom. The van der Waals surface area contributed by atoms with Crippen molar-refractivity contribution in [3.8, 4) is 0 Å². The summed E-state index contributed by atoms with van der Waals surface area (Å²) in [7, 11) is 0. The Balaban J connectivity index is 2.03. The lowest BCUT2D eigenvalue weighted by atomic mass is 10.00. The van der Waals surface area contributed by atoms with Crippen LogP contribution in [0.2, 0.25) is 0 Å². The van der Waals surface area contributed by atoms with Crippen LogP contribution in [0.3, 0.4) is 0 Å². The molecule has 3 unspecified atom stereocenters. The third-order valence-electron chi connectivity index (χ3n) is 3.21. The van der Waals surface area contributed by atoms with Crippen LogP contribution >= 0.6 is 0 Å². The van der Waals surface area contributed by atoms with Gasteiger partial charge in [-0.1, -0.05) is 26.3 Å². The molecular weight excluding hydrogens is 144 g/mol. The largest absolute Gasteiger partial charge is 0.103 e. The van der Waals surface area contributed by atoms with E-state index in [2.05, 4.69) is 26.5 Å². The second-order valence-electron chi connectivity index (χ2n) is 4.37. The van der Waals surface area contributed by atoms with E-state index < -0.39 is 0 Å². The zero-order valence-electron chi connectivity index (χ0n) is 8.55. The van der Waals surface area contributed by atoms with Gasteiger partial charge in [0.1, 0.15) is 0 Å². The van der Waals surface area contributed by atoms with Crippen LogP contribution < -0.4 is 0 Å². The van der Waals surface area contributed by atoms with Crippen LogP contribution in [-0.2, 0) is 0 Å². The first-order valence-corrected chi connectivity index (χ1v) is 5.38. The molecule has 70 valence electrons. The van der Waals surface area contributed by atoms with Crippen molar-refractivity contribution in [3.63, 3.8) is 0 Å². The van der Waals surface area contributed by atoms with Crippen molar-refractivity contribution in [2.45, 2.75) is 46.0 Å². The number of allylic oxidation sites excluding steroid dienone is 1. The lowest BCUT2D eigenvalue weighted by Crippen LogP contribution is -1.94. The van der Waals surface area contributed by atoms with Gasteiger partial charge in [-0.3, -0.25) is 0 Å². The van der Waals surface area contributed by atoms with Crippen molar-refractivity contribution >= 4 is 0 Å². The number of hydrogen-bond donors (Lipinski definition) is 0. The summed E-state index contributed by atoms with van der Waals surface area (Å²) in [4.78, 5) is 0. The summed E-state index contributed by atoms with van der Waals surface area (Å²) < 4.78 is 0. The molecule has 12 heavy (non-hydrogen) atoms. The Morgan fingerprint density at radius 1 is 1.50 bits per heavy atom. The predicted octanol–water partition coefficient (Wildman–Crippen LogP) is 4.02. The zero-order valence-corrected chi connectivity index (χ0v) is 8.55. The molecule has 0 aliphatic heterocycles. The SMILES string of the molecule is C=CCCC1CC1CC(C)CC. The van der Waals surface area contributed by atoms with Crippen LogP contribution in [-0.4, -0.2) is 0 Å². The lowest BCUT2D eigenvalue weighted by molar-refractivity contribution is 0.458. The zero-order chi connectivity index (χ0) is 8.97. The van der Waals surface area contributed by atoms with Crippen molar-refractivity contribution in [1.82, 2.24) is 0 Å². The van der Waals surface area contributed by atoms with E-state index in [-0.39, 0.29) is 0 Å². The van der Waals surface area contributed by atoms with Crippen LogP contribution in [0.15, 0.2) is 12.7 Å². The molecule has 0 saturated heterocycles. The third kappa shape index (κ3) is 3.00. The van der Waals surface area contributed by atoms with E-state index in [1.54, 1.807) is 0 Å². The predicted molar refractivity (Wildman–Crippen MR) is 55.1 cm³/mol. The topological polar surface area (TPSA) is 0 Å². The maximum atomic E-state index is 3.76. The fraction of sp³-hybridized carbons (Fsp3) is 0.833. The summed E-state index contributed by atoms with van der Waals surface area (Å²) >= 11 is 0. The minimum absolute atomic E-state index is 0.948. The molecule has 1 aliphatic carbocycles. The molecule has 1 saturated carbocycles. The van der Waals surface area contributed by atoms with Crippen LogP contribution in [0.25, 0.3) is 0 Å². The van der Waals surface area contributed by atoms with Gasteiger partial charge in [0.05, 0.1) is 0 Å². The molecule has 0 bridgehead atoms. The lowest BCUT2D eigenvalue weighted by Gasteiger charge is -2.06. The molecule has 0 aromatic rings. The molecule has 3 atom stereocenters. The van der Waals surface area contributed by atoms with Gasteiger partial charge < -0.3 is 0 Å². The monoisotopic (exact) mass is 166 g/mol. The quantitative estimate of drug-likeness (QED) is 0.523. The van der Waals surface area contributed by atoms with Gasteiger partial charge in [-0.15, -0.1) is 6.58 Å². The fourth-order valence-electron chi connectivity index (χ4n) is 1.97. The van der Waals surface area contributed by atoms with Crippen molar-refractivity contribution in [2.24, 2.45) is 17.8 Å². The van der Waals surface area contributed by atoms with E-state index in [1.165, 1.54) is 32.1 Å². The highest BCUT2D eigenvalue weighted by Gasteiger charge is 2.36. The van der Waals surface area contributed by atoms with Gasteiger partial charge in [0, 0.05) is 0 Å². The van der Waals surface area contributed by atoms with E-state index in [4.69, 9.17) is 0 Å². The molecule has 0 aromatic heterocycles. The molecule has 1 aliphatic rings. The van der Waals surface area contributed by atoms with Gasteiger partial charge >= 0.3 is 0 Å². The van der Waals surface area contributed by atoms with Crippen molar-refractivity contribution in [3.05, 3.63) is 12.7 Å². The van der Waals surface area contributed by atoms with Gasteiger partial charge in [-0.2, -0.15) is 0 Å². The molecule has 0 aromatic carbocycles. The standard InChI is InChI=1S/C12H22/c1-4-6-7-11-9-12(11)8-10(3)5-2/h4,10-12H,1,5-9H2,2-3H3. The molecule has 0 radical (unpaired) electrons. The summed E-state index contributed by atoms with van der Waals surface area (Å²) in [5.74, 6) is 3.07. The maximum Gasteiger partial charge on any atom is -0.0351 e. The Morgan fingerprint density at radius 2 is 2.25 bits per heavy atom. The van der Waals surface area contributed by atoms with Gasteiger partial charge in [0.15, 0.2) is 0 Å². The molecular formula is C12H22. The summed E-state index contributed by atoms with van der Waals surface area (Å²) in [6.07, 6.45) is 8.99. The fourth-order valence-corrected chi connectivity index (χ4v) is 1.97. The van der Waals surface area contributed by atoms with E-state index in [9.17, 15) is 0 Å². The molecule has 1 fully saturated rings. The normalized spacial score (nSPS) is 29.8. The molecule has 0 spiro atoms. The van der Waals surface area contributed by atoms with Crippen LogP contribution in [0.5, 0.6) is 0 Å². The summed E-state index contributed by atoms with van der Waals surface area (Å²) in [6, 6.07) is 0. The second-order valence-corrected chi connectivity index (χ2v) is 4.37. The molecule has 0 heteroatoms. The average Bonchev–Trinajstić information content (AvgIpc) is 2.80. The highest BCUT2D eigenvalue weighted by molar-refractivity contribution is 4.88. The number of hydrogen-bond acceptors (Lipinski definition) is 0. The number of rotatable bonds is 6. The third-order valence-corrected chi connectivity index (χ3v) is 3.21. The molecule has 0 nitrogen and oxygen atoms in total. The highest BCUT2D eigenvalue weighted by Crippen LogP contribution is 2.46. The van der Waals surface area contributed by atoms with E-state index in [0.717, 1.165) is 17.8 Å². The summed E-state index contributed by atoms with van der Waals surface area (Å²) in [6.45, 7) is 8.44.